The highest BCUT2D eigenvalue weighted by Gasteiger charge is 2.11. The normalized spacial score (nSPS) is 10.8. The van der Waals surface area contributed by atoms with Gasteiger partial charge in [0.1, 0.15) is 5.58 Å². The number of thiazole rings is 1. The van der Waals surface area contributed by atoms with Gasteiger partial charge in [-0.15, -0.1) is 11.3 Å². The fraction of sp³-hybridized carbons (Fsp3) is 0.143. The number of amides is 1. The number of hydrogen-bond donors (Lipinski definition) is 1. The van der Waals surface area contributed by atoms with Gasteiger partial charge >= 0.3 is 0 Å². The maximum atomic E-state index is 11.9. The molecular weight excluding hydrogens is 260 g/mol. The van der Waals surface area contributed by atoms with Gasteiger partial charge in [0.25, 0.3) is 0 Å². The minimum absolute atomic E-state index is 0.0850. The van der Waals surface area contributed by atoms with Crippen molar-refractivity contribution < 1.29 is 9.21 Å². The standard InChI is InChI=1S/C14H12N2O2S/c1-9-2-3-11-10(8-18-12(11)6-9)7-13(17)16-14-15-4-5-19-14/h2-6,8H,7H2,1H3,(H,15,16,17). The maximum Gasteiger partial charge on any atom is 0.230 e. The Bertz CT molecular complexity index is 716. The topological polar surface area (TPSA) is 55.1 Å². The van der Waals surface area contributed by atoms with Gasteiger partial charge in [0, 0.05) is 22.5 Å². The van der Waals surface area contributed by atoms with Crippen molar-refractivity contribution in [1.29, 1.82) is 0 Å². The Labute approximate surface area is 114 Å². The van der Waals surface area contributed by atoms with Gasteiger partial charge in [-0.2, -0.15) is 0 Å². The largest absolute Gasteiger partial charge is 0.464 e. The quantitative estimate of drug-likeness (QED) is 0.795. The van der Waals surface area contributed by atoms with E-state index in [0.717, 1.165) is 22.1 Å². The summed E-state index contributed by atoms with van der Waals surface area (Å²) in [6.07, 6.45) is 3.59. The Morgan fingerprint density at radius 2 is 2.37 bits per heavy atom. The molecular formula is C14H12N2O2S. The van der Waals surface area contributed by atoms with Crippen molar-refractivity contribution >= 4 is 33.3 Å². The van der Waals surface area contributed by atoms with Crippen molar-refractivity contribution in [2.24, 2.45) is 0 Å². The lowest BCUT2D eigenvalue weighted by Crippen LogP contribution is -2.13. The smallest absolute Gasteiger partial charge is 0.230 e. The van der Waals surface area contributed by atoms with Crippen LogP contribution < -0.4 is 5.32 Å². The van der Waals surface area contributed by atoms with Crippen LogP contribution in [-0.4, -0.2) is 10.9 Å². The highest BCUT2D eigenvalue weighted by Crippen LogP contribution is 2.23. The number of benzene rings is 1. The molecule has 1 aromatic carbocycles. The molecule has 1 N–H and O–H groups in total. The van der Waals surface area contributed by atoms with Crippen LogP contribution in [0.5, 0.6) is 0 Å². The number of aryl methyl sites for hydroxylation is 1. The van der Waals surface area contributed by atoms with Crippen molar-refractivity contribution in [3.8, 4) is 0 Å². The van der Waals surface area contributed by atoms with Crippen LogP contribution in [0.25, 0.3) is 11.0 Å². The lowest BCUT2D eigenvalue weighted by atomic mass is 10.1. The van der Waals surface area contributed by atoms with E-state index in [9.17, 15) is 4.79 Å². The van der Waals surface area contributed by atoms with E-state index in [2.05, 4.69) is 10.3 Å². The SMILES string of the molecule is Cc1ccc2c(CC(=O)Nc3nccs3)coc2c1. The minimum Gasteiger partial charge on any atom is -0.464 e. The monoisotopic (exact) mass is 272 g/mol. The molecule has 3 rings (SSSR count). The number of rotatable bonds is 3. The number of aromatic nitrogens is 1. The average molecular weight is 272 g/mol. The second kappa shape index (κ2) is 4.85. The third-order valence-corrected chi connectivity index (χ3v) is 3.53. The number of carbonyl (C=O) groups excluding carboxylic acids is 1. The van der Waals surface area contributed by atoms with E-state index < -0.39 is 0 Å². The molecule has 0 saturated heterocycles. The minimum atomic E-state index is -0.0850. The second-order valence-electron chi connectivity index (χ2n) is 4.32. The van der Waals surface area contributed by atoms with Crippen LogP contribution in [0.3, 0.4) is 0 Å². The van der Waals surface area contributed by atoms with E-state index in [0.29, 0.717) is 5.13 Å². The number of furan rings is 1. The molecule has 1 amide bonds. The van der Waals surface area contributed by atoms with Crippen LogP contribution in [0.2, 0.25) is 0 Å². The molecule has 0 saturated carbocycles. The molecule has 4 nitrogen and oxygen atoms in total. The summed E-state index contributed by atoms with van der Waals surface area (Å²) >= 11 is 1.40. The molecule has 0 unspecified atom stereocenters. The van der Waals surface area contributed by atoms with Gasteiger partial charge in [-0.25, -0.2) is 4.98 Å². The number of nitrogens with one attached hydrogen (secondary N) is 1. The fourth-order valence-corrected chi connectivity index (χ4v) is 2.49. The van der Waals surface area contributed by atoms with Crippen LogP contribution in [0.4, 0.5) is 5.13 Å². The Balaban J connectivity index is 1.79. The molecule has 5 heteroatoms. The number of hydrogen-bond acceptors (Lipinski definition) is 4. The first-order chi connectivity index (χ1) is 9.22. The molecule has 0 spiro atoms. The summed E-state index contributed by atoms with van der Waals surface area (Å²) in [5, 5.41) is 6.19. The Kier molecular flexibility index (Phi) is 3.05. The maximum absolute atomic E-state index is 11.9. The zero-order valence-corrected chi connectivity index (χ0v) is 11.2. The third kappa shape index (κ3) is 2.51. The van der Waals surface area contributed by atoms with E-state index in [4.69, 9.17) is 4.42 Å². The predicted molar refractivity (Wildman–Crippen MR) is 75.4 cm³/mol. The molecule has 0 radical (unpaired) electrons. The van der Waals surface area contributed by atoms with Crippen molar-refractivity contribution in [1.82, 2.24) is 4.98 Å². The Morgan fingerprint density at radius 1 is 1.47 bits per heavy atom. The zero-order valence-electron chi connectivity index (χ0n) is 10.3. The molecule has 0 bridgehead atoms. The molecule has 19 heavy (non-hydrogen) atoms. The lowest BCUT2D eigenvalue weighted by Gasteiger charge is -2.00. The van der Waals surface area contributed by atoms with Gasteiger partial charge in [-0.3, -0.25) is 4.79 Å². The highest BCUT2D eigenvalue weighted by molar-refractivity contribution is 7.13. The van der Waals surface area contributed by atoms with E-state index in [1.54, 1.807) is 12.5 Å². The van der Waals surface area contributed by atoms with Gasteiger partial charge in [-0.1, -0.05) is 12.1 Å². The van der Waals surface area contributed by atoms with Crippen molar-refractivity contribution in [2.75, 3.05) is 5.32 Å². The number of anilines is 1. The van der Waals surface area contributed by atoms with Gasteiger partial charge in [0.2, 0.25) is 5.91 Å². The summed E-state index contributed by atoms with van der Waals surface area (Å²) in [4.78, 5) is 15.9. The molecule has 96 valence electrons. The van der Waals surface area contributed by atoms with Gasteiger partial charge in [0.05, 0.1) is 12.7 Å². The summed E-state index contributed by atoms with van der Waals surface area (Å²) in [7, 11) is 0. The first-order valence-corrected chi connectivity index (χ1v) is 6.76. The van der Waals surface area contributed by atoms with Crippen LogP contribution in [0.1, 0.15) is 11.1 Å². The summed E-state index contributed by atoms with van der Waals surface area (Å²) in [5.74, 6) is -0.0850. The zero-order chi connectivity index (χ0) is 13.2. The molecule has 0 atom stereocenters. The molecule has 0 aliphatic carbocycles. The summed E-state index contributed by atoms with van der Waals surface area (Å²) in [6, 6.07) is 5.97. The second-order valence-corrected chi connectivity index (χ2v) is 5.22. The first kappa shape index (κ1) is 11.9. The lowest BCUT2D eigenvalue weighted by molar-refractivity contribution is -0.115. The van der Waals surface area contributed by atoms with E-state index >= 15 is 0 Å². The van der Waals surface area contributed by atoms with Crippen LogP contribution in [0, 0.1) is 6.92 Å². The van der Waals surface area contributed by atoms with Gasteiger partial charge in [-0.05, 0) is 18.6 Å². The molecule has 0 aliphatic rings. The van der Waals surface area contributed by atoms with Crippen molar-refractivity contribution in [2.45, 2.75) is 13.3 Å². The van der Waals surface area contributed by atoms with Crippen LogP contribution in [0.15, 0.2) is 40.5 Å². The molecule has 2 aromatic heterocycles. The van der Waals surface area contributed by atoms with Gasteiger partial charge < -0.3 is 9.73 Å². The van der Waals surface area contributed by atoms with Gasteiger partial charge in [0.15, 0.2) is 5.13 Å². The van der Waals surface area contributed by atoms with Crippen LogP contribution >= 0.6 is 11.3 Å². The third-order valence-electron chi connectivity index (χ3n) is 2.84. The highest BCUT2D eigenvalue weighted by atomic mass is 32.1. The Morgan fingerprint density at radius 3 is 3.16 bits per heavy atom. The summed E-state index contributed by atoms with van der Waals surface area (Å²) < 4.78 is 5.47. The molecule has 3 aromatic rings. The molecule has 0 aliphatic heterocycles. The van der Waals surface area contributed by atoms with E-state index in [1.165, 1.54) is 11.3 Å². The number of nitrogens with zero attached hydrogens (tertiary/aromatic N) is 1. The van der Waals surface area contributed by atoms with E-state index in [-0.39, 0.29) is 12.3 Å². The number of fused-ring (bicyclic) bond motifs is 1. The molecule has 2 heterocycles. The first-order valence-electron chi connectivity index (χ1n) is 5.88. The number of carbonyl (C=O) groups is 1. The molecule has 0 fully saturated rings. The Hall–Kier alpha value is -2.14. The van der Waals surface area contributed by atoms with Crippen molar-refractivity contribution in [3.63, 3.8) is 0 Å². The predicted octanol–water partition coefficient (Wildman–Crippen LogP) is 3.38. The summed E-state index contributed by atoms with van der Waals surface area (Å²) in [5.41, 5.74) is 2.85. The van der Waals surface area contributed by atoms with Crippen LogP contribution in [-0.2, 0) is 11.2 Å². The van der Waals surface area contributed by atoms with E-state index in [1.807, 2.05) is 30.5 Å². The summed E-state index contributed by atoms with van der Waals surface area (Å²) in [6.45, 7) is 2.01. The fourth-order valence-electron chi connectivity index (χ4n) is 1.95. The average Bonchev–Trinajstić information content (AvgIpc) is 2.99. The van der Waals surface area contributed by atoms with Crippen molar-refractivity contribution in [3.05, 3.63) is 47.2 Å².